The first kappa shape index (κ1) is 83.0. The lowest BCUT2D eigenvalue weighted by Gasteiger charge is -2.34. The van der Waals surface area contributed by atoms with Crippen LogP contribution in [0.25, 0.3) is 0 Å². The Morgan fingerprint density at radius 2 is 0.464 bits per heavy atom. The van der Waals surface area contributed by atoms with Crippen molar-refractivity contribution in [2.75, 3.05) is 145 Å². The molecule has 0 rings (SSSR count). The van der Waals surface area contributed by atoms with Crippen LogP contribution in [0.4, 0.5) is 0 Å². The van der Waals surface area contributed by atoms with Crippen LogP contribution >= 0.6 is 0 Å². The minimum absolute atomic E-state index is 0.428. The predicted octanol–water partition coefficient (Wildman–Crippen LogP) is 13.3. The summed E-state index contributed by atoms with van der Waals surface area (Å²) >= 11 is 0. The molecular weight excluding hydrogens is 1130 g/mol. The summed E-state index contributed by atoms with van der Waals surface area (Å²) in [7, 11) is -12.2. The minimum atomic E-state index is -3.05. The van der Waals surface area contributed by atoms with E-state index >= 15 is 0 Å². The molecule has 22 heteroatoms. The molecule has 498 valence electrons. The average molecular weight is 1270 g/mol. The second-order valence-electron chi connectivity index (χ2n) is 23.5. The van der Waals surface area contributed by atoms with Crippen LogP contribution in [-0.4, -0.2) is 213 Å². The number of nitrogens with zero attached hydrogens (tertiary/aromatic N) is 6. The molecular formula is C62H132N6O12Si4. The number of rotatable bonds is 59. The average Bonchev–Trinajstić information content (AvgIpc) is 3.52. The highest BCUT2D eigenvalue weighted by molar-refractivity contribution is 6.61. The third kappa shape index (κ3) is 41.3. The standard InChI is InChI=1S/C62H132N6O12Si4/c1-21-69-81(70-22-2,47-29-33-63-59(17)51-55(9)10)77-43-39-67(40-44-78-82(71-23-3,72-24-4)48-30-34-64-60(18)52-56(11)12)37-38-68(41-45-79-83(73-25-5,74-26-6)49-31-35-65-61(19)53-57(13)14)42-46-80-84(75-27-7,76-28-8)50-32-36-66-62(20)54-58(15)16/h55-58H,21-54H2,1-20H3. The lowest BCUT2D eigenvalue weighted by atomic mass is 10.1. The summed E-state index contributed by atoms with van der Waals surface area (Å²) in [6.45, 7) is 55.1. The fraction of sp³-hybridized carbons (Fsp3) is 0.935. The van der Waals surface area contributed by atoms with Gasteiger partial charge in [0.15, 0.2) is 0 Å². The van der Waals surface area contributed by atoms with Crippen molar-refractivity contribution >= 4 is 58.1 Å². The zero-order valence-electron chi connectivity index (χ0n) is 57.9. The molecule has 84 heavy (non-hydrogen) atoms. The van der Waals surface area contributed by atoms with Crippen molar-refractivity contribution in [2.24, 2.45) is 43.6 Å². The zero-order valence-corrected chi connectivity index (χ0v) is 61.9. The summed E-state index contributed by atoms with van der Waals surface area (Å²) in [5, 5.41) is 0. The Morgan fingerprint density at radius 3 is 0.619 bits per heavy atom. The van der Waals surface area contributed by atoms with E-state index in [2.05, 4.69) is 92.9 Å². The van der Waals surface area contributed by atoms with Crippen LogP contribution in [0.3, 0.4) is 0 Å². The summed E-state index contributed by atoms with van der Waals surface area (Å²) in [6.07, 6.45) is 7.28. The van der Waals surface area contributed by atoms with Gasteiger partial charge in [-0.3, -0.25) is 29.8 Å². The van der Waals surface area contributed by atoms with E-state index in [1.54, 1.807) is 0 Å². The van der Waals surface area contributed by atoms with Crippen LogP contribution in [-0.2, 0) is 53.1 Å². The van der Waals surface area contributed by atoms with E-state index in [0.29, 0.717) is 166 Å². The van der Waals surface area contributed by atoms with E-state index in [1.807, 2.05) is 55.4 Å². The third-order valence-electron chi connectivity index (χ3n) is 13.5. The summed E-state index contributed by atoms with van der Waals surface area (Å²) in [4.78, 5) is 24.4. The Morgan fingerprint density at radius 1 is 0.286 bits per heavy atom. The van der Waals surface area contributed by atoms with Gasteiger partial charge in [-0.1, -0.05) is 55.4 Å². The van der Waals surface area contributed by atoms with Gasteiger partial charge in [0, 0.05) is 165 Å². The molecule has 0 bridgehead atoms. The van der Waals surface area contributed by atoms with Crippen LogP contribution in [0, 0.1) is 23.7 Å². The van der Waals surface area contributed by atoms with E-state index in [1.165, 1.54) is 22.8 Å². The fourth-order valence-corrected chi connectivity index (χ4v) is 20.5. The maximum atomic E-state index is 6.88. The highest BCUT2D eigenvalue weighted by Gasteiger charge is 2.43. The van der Waals surface area contributed by atoms with Gasteiger partial charge < -0.3 is 53.1 Å². The molecule has 0 aliphatic carbocycles. The molecule has 0 radical (unpaired) electrons. The van der Waals surface area contributed by atoms with E-state index < -0.39 is 35.2 Å². The fourth-order valence-electron chi connectivity index (χ4n) is 10.3. The third-order valence-corrected chi connectivity index (χ3v) is 25.7. The van der Waals surface area contributed by atoms with Crippen molar-refractivity contribution in [3.63, 3.8) is 0 Å². The number of aliphatic imine (C=N–C) groups is 4. The highest BCUT2D eigenvalue weighted by atomic mass is 28.4. The van der Waals surface area contributed by atoms with E-state index in [-0.39, 0.29) is 0 Å². The molecule has 0 spiro atoms. The lowest BCUT2D eigenvalue weighted by molar-refractivity contribution is 0.0351. The van der Waals surface area contributed by atoms with Crippen molar-refractivity contribution in [3.8, 4) is 0 Å². The normalized spacial score (nSPS) is 14.0. The van der Waals surface area contributed by atoms with Gasteiger partial charge in [-0.25, -0.2) is 0 Å². The number of hydrogen-bond donors (Lipinski definition) is 0. The van der Waals surface area contributed by atoms with E-state index in [4.69, 9.17) is 73.1 Å². The molecule has 0 aliphatic rings. The Labute approximate surface area is 520 Å². The zero-order chi connectivity index (χ0) is 63.1. The van der Waals surface area contributed by atoms with Crippen molar-refractivity contribution in [2.45, 2.75) is 214 Å². The minimum Gasteiger partial charge on any atom is -0.374 e. The van der Waals surface area contributed by atoms with Gasteiger partial charge in [0.05, 0.1) is 26.4 Å². The molecule has 0 aromatic rings. The Kier molecular flexibility index (Phi) is 50.1. The van der Waals surface area contributed by atoms with Crippen molar-refractivity contribution < 1.29 is 53.1 Å². The molecule has 0 aliphatic heterocycles. The van der Waals surface area contributed by atoms with Crippen LogP contribution in [0.15, 0.2) is 20.0 Å². The molecule has 0 atom stereocenters. The Hall–Kier alpha value is -1.01. The van der Waals surface area contributed by atoms with E-state index in [9.17, 15) is 0 Å². The molecule has 0 unspecified atom stereocenters. The first-order valence-electron chi connectivity index (χ1n) is 33.2. The van der Waals surface area contributed by atoms with Crippen LogP contribution in [0.1, 0.15) is 190 Å². The second kappa shape index (κ2) is 50.7. The lowest BCUT2D eigenvalue weighted by Crippen LogP contribution is -2.50. The van der Waals surface area contributed by atoms with Crippen molar-refractivity contribution in [3.05, 3.63) is 0 Å². The maximum absolute atomic E-state index is 6.88. The van der Waals surface area contributed by atoms with Gasteiger partial charge in [0.25, 0.3) is 0 Å². The molecule has 0 heterocycles. The van der Waals surface area contributed by atoms with E-state index in [0.717, 1.165) is 77.5 Å². The quantitative estimate of drug-likeness (QED) is 0.0320. The summed E-state index contributed by atoms with van der Waals surface area (Å²) < 4.78 is 79.4. The highest BCUT2D eigenvalue weighted by Crippen LogP contribution is 2.23. The predicted molar refractivity (Wildman–Crippen MR) is 360 cm³/mol. The first-order valence-corrected chi connectivity index (χ1v) is 40.9. The largest absolute Gasteiger partial charge is 0.501 e. The molecule has 0 N–H and O–H groups in total. The van der Waals surface area contributed by atoms with Gasteiger partial charge in [0.2, 0.25) is 0 Å². The molecule has 0 aromatic heterocycles. The molecule has 0 saturated heterocycles. The van der Waals surface area contributed by atoms with Gasteiger partial charge in [-0.2, -0.15) is 0 Å². The molecule has 0 amide bonds. The van der Waals surface area contributed by atoms with Crippen molar-refractivity contribution in [1.29, 1.82) is 0 Å². The van der Waals surface area contributed by atoms with Crippen LogP contribution in [0.2, 0.25) is 24.2 Å². The number of hydrogen-bond acceptors (Lipinski definition) is 18. The smallest absolute Gasteiger partial charge is 0.374 e. The van der Waals surface area contributed by atoms with Crippen LogP contribution < -0.4 is 0 Å². The second-order valence-corrected chi connectivity index (χ2v) is 34.5. The monoisotopic (exact) mass is 1260 g/mol. The SMILES string of the molecule is CCO[Si](CCCN=C(C)CC(C)C)(OCC)OCCN(CCO[Si](CCCN=C(C)CC(C)C)(OCC)OCC)CCN(CCO[Si](CCCN=C(C)CC(C)C)(OCC)OCC)CCO[Si](CCCN=C(C)CC(C)C)(OCC)OCC. The molecule has 0 fully saturated rings. The summed E-state index contributed by atoms with van der Waals surface area (Å²) in [5.74, 6) is 2.27. The van der Waals surface area contributed by atoms with Crippen molar-refractivity contribution in [1.82, 2.24) is 9.80 Å². The Balaban J connectivity index is 7.21. The maximum Gasteiger partial charge on any atom is 0.501 e. The van der Waals surface area contributed by atoms with Gasteiger partial charge in [-0.15, -0.1) is 0 Å². The van der Waals surface area contributed by atoms with Crippen LogP contribution in [0.5, 0.6) is 0 Å². The summed E-state index contributed by atoms with van der Waals surface area (Å²) in [6, 6.07) is 2.78. The molecule has 18 nitrogen and oxygen atoms in total. The first-order chi connectivity index (χ1) is 40.1. The Bertz CT molecular complexity index is 1460. The van der Waals surface area contributed by atoms with Gasteiger partial charge in [-0.05, 0) is 158 Å². The topological polar surface area (TPSA) is 167 Å². The summed E-state index contributed by atoms with van der Waals surface area (Å²) in [5.41, 5.74) is 4.72. The van der Waals surface area contributed by atoms with Gasteiger partial charge >= 0.3 is 35.2 Å². The molecule has 0 saturated carbocycles. The van der Waals surface area contributed by atoms with Gasteiger partial charge in [0.1, 0.15) is 0 Å². The molecule has 0 aromatic carbocycles.